The van der Waals surface area contributed by atoms with E-state index in [0.29, 0.717) is 6.04 Å². The van der Waals surface area contributed by atoms with E-state index in [2.05, 4.69) is 5.43 Å². The Morgan fingerprint density at radius 2 is 1.94 bits per heavy atom. The Balaban J connectivity index is 1.86. The fourth-order valence-corrected chi connectivity index (χ4v) is 2.63. The molecule has 2 rings (SSSR count). The first-order chi connectivity index (χ1) is 8.65. The van der Waals surface area contributed by atoms with Crippen molar-refractivity contribution in [2.45, 2.75) is 36.6 Å². The van der Waals surface area contributed by atoms with Crippen LogP contribution in [0.1, 0.15) is 25.7 Å². The van der Waals surface area contributed by atoms with Gasteiger partial charge in [-0.25, -0.2) is 5.43 Å². The van der Waals surface area contributed by atoms with E-state index in [1.54, 1.807) is 12.1 Å². The van der Waals surface area contributed by atoms with Crippen molar-refractivity contribution in [3.63, 3.8) is 0 Å². The van der Waals surface area contributed by atoms with Crippen molar-refractivity contribution < 1.29 is 10.1 Å². The summed E-state index contributed by atoms with van der Waals surface area (Å²) in [6.07, 6.45) is 4.51. The summed E-state index contributed by atoms with van der Waals surface area (Å²) in [6, 6.07) is 6.39. The first-order valence-corrected chi connectivity index (χ1v) is 6.60. The van der Waals surface area contributed by atoms with E-state index in [0.717, 1.165) is 34.3 Å². The molecular formula is C11H15N3O3S. The summed E-state index contributed by atoms with van der Waals surface area (Å²) in [5.74, 6) is 0. The molecule has 98 valence electrons. The van der Waals surface area contributed by atoms with Crippen LogP contribution in [0.2, 0.25) is 0 Å². The van der Waals surface area contributed by atoms with Crippen LogP contribution in [0.25, 0.3) is 0 Å². The highest BCUT2D eigenvalue weighted by atomic mass is 32.2. The van der Waals surface area contributed by atoms with Gasteiger partial charge in [0.25, 0.3) is 5.69 Å². The molecule has 0 heterocycles. The van der Waals surface area contributed by atoms with E-state index in [1.807, 2.05) is 0 Å². The topological polar surface area (TPSA) is 78.6 Å². The normalized spacial score (nSPS) is 16.3. The standard InChI is InChI=1S/C11H15N3O3S/c15-13(16)10-5-7-11(8-6-10)18-14(17)12-9-3-1-2-4-9/h5-9,12,17H,1-4H2. The van der Waals surface area contributed by atoms with Crippen molar-refractivity contribution in [3.05, 3.63) is 34.4 Å². The Bertz CT molecular complexity index is 406. The Kier molecular flexibility index (Phi) is 4.54. The fraction of sp³-hybridized carbons (Fsp3) is 0.455. The van der Waals surface area contributed by atoms with Crippen LogP contribution >= 0.6 is 11.9 Å². The van der Waals surface area contributed by atoms with Gasteiger partial charge in [0.15, 0.2) is 0 Å². The van der Waals surface area contributed by atoms with E-state index in [4.69, 9.17) is 0 Å². The van der Waals surface area contributed by atoms with Crippen molar-refractivity contribution in [1.82, 2.24) is 10.0 Å². The predicted octanol–water partition coefficient (Wildman–Crippen LogP) is 2.74. The zero-order valence-electron chi connectivity index (χ0n) is 9.78. The fourth-order valence-electron chi connectivity index (χ4n) is 1.97. The van der Waals surface area contributed by atoms with Gasteiger partial charge in [0.1, 0.15) is 0 Å². The minimum Gasteiger partial charge on any atom is -0.289 e. The van der Waals surface area contributed by atoms with Gasteiger partial charge in [-0.15, -0.1) is 0 Å². The monoisotopic (exact) mass is 269 g/mol. The summed E-state index contributed by atoms with van der Waals surface area (Å²) in [5.41, 5.74) is 3.03. The number of non-ortho nitro benzene ring substituents is 1. The van der Waals surface area contributed by atoms with Crippen LogP contribution in [-0.4, -0.2) is 20.7 Å². The molecule has 0 saturated heterocycles. The minimum absolute atomic E-state index is 0.0487. The molecule has 0 bridgehead atoms. The van der Waals surface area contributed by atoms with Crippen LogP contribution in [0.5, 0.6) is 0 Å². The average molecular weight is 269 g/mol. The van der Waals surface area contributed by atoms with Gasteiger partial charge >= 0.3 is 0 Å². The highest BCUT2D eigenvalue weighted by molar-refractivity contribution is 7.96. The van der Waals surface area contributed by atoms with Gasteiger partial charge in [-0.3, -0.25) is 15.3 Å². The second kappa shape index (κ2) is 6.14. The third-order valence-corrected chi connectivity index (χ3v) is 3.65. The van der Waals surface area contributed by atoms with Gasteiger partial charge < -0.3 is 0 Å². The number of hydrogen-bond acceptors (Lipinski definition) is 6. The third kappa shape index (κ3) is 3.67. The maximum absolute atomic E-state index is 10.5. The molecular weight excluding hydrogens is 254 g/mol. The number of rotatable bonds is 5. The SMILES string of the molecule is O=[N+]([O-])c1ccc(SN(O)NC2CCCC2)cc1. The van der Waals surface area contributed by atoms with E-state index in [9.17, 15) is 15.3 Å². The van der Waals surface area contributed by atoms with Crippen LogP contribution in [0.4, 0.5) is 5.69 Å². The lowest BCUT2D eigenvalue weighted by molar-refractivity contribution is -0.384. The van der Waals surface area contributed by atoms with Crippen LogP contribution in [0.3, 0.4) is 0 Å². The highest BCUT2D eigenvalue weighted by Crippen LogP contribution is 2.24. The maximum Gasteiger partial charge on any atom is 0.269 e. The summed E-state index contributed by atoms with van der Waals surface area (Å²) in [7, 11) is 0. The molecule has 0 aliphatic heterocycles. The molecule has 0 amide bonds. The van der Waals surface area contributed by atoms with Crippen molar-refractivity contribution in [2.75, 3.05) is 0 Å². The zero-order chi connectivity index (χ0) is 13.0. The summed E-state index contributed by atoms with van der Waals surface area (Å²) in [6.45, 7) is 0. The molecule has 1 aromatic carbocycles. The number of nitrogens with one attached hydrogen (secondary N) is 1. The average Bonchev–Trinajstić information content (AvgIpc) is 2.82. The van der Waals surface area contributed by atoms with Crippen LogP contribution < -0.4 is 5.43 Å². The van der Waals surface area contributed by atoms with Gasteiger partial charge in [0.2, 0.25) is 0 Å². The molecule has 0 radical (unpaired) electrons. The lowest BCUT2D eigenvalue weighted by Gasteiger charge is -2.19. The number of hydrogen-bond donors (Lipinski definition) is 2. The quantitative estimate of drug-likeness (QED) is 0.486. The molecule has 1 fully saturated rings. The summed E-state index contributed by atoms with van der Waals surface area (Å²) >= 11 is 1.11. The summed E-state index contributed by atoms with van der Waals surface area (Å²) in [4.78, 5) is 10.8. The number of hydrazine groups is 1. The second-order valence-electron chi connectivity index (χ2n) is 4.23. The number of nitro groups is 1. The van der Waals surface area contributed by atoms with E-state index < -0.39 is 4.92 Å². The van der Waals surface area contributed by atoms with Crippen molar-refractivity contribution in [2.24, 2.45) is 0 Å². The van der Waals surface area contributed by atoms with Crippen molar-refractivity contribution in [1.29, 1.82) is 0 Å². The third-order valence-electron chi connectivity index (χ3n) is 2.89. The van der Waals surface area contributed by atoms with E-state index in [1.165, 1.54) is 25.0 Å². The first-order valence-electron chi connectivity index (χ1n) is 5.83. The summed E-state index contributed by atoms with van der Waals surface area (Å²) < 4.78 is 0.983. The largest absolute Gasteiger partial charge is 0.289 e. The van der Waals surface area contributed by atoms with Gasteiger partial charge in [0.05, 0.1) is 4.92 Å². The lowest BCUT2D eigenvalue weighted by Crippen LogP contribution is -2.36. The van der Waals surface area contributed by atoms with Crippen LogP contribution in [0, 0.1) is 10.1 Å². The molecule has 0 atom stereocenters. The molecule has 7 heteroatoms. The smallest absolute Gasteiger partial charge is 0.269 e. The number of nitrogens with zero attached hydrogens (tertiary/aromatic N) is 2. The van der Waals surface area contributed by atoms with E-state index in [-0.39, 0.29) is 5.69 Å². The Labute approximate surface area is 109 Å². The van der Waals surface area contributed by atoms with Crippen LogP contribution in [0.15, 0.2) is 29.2 Å². The van der Waals surface area contributed by atoms with Gasteiger partial charge in [-0.1, -0.05) is 17.4 Å². The molecule has 0 spiro atoms. The molecule has 1 aliphatic rings. The number of benzene rings is 1. The van der Waals surface area contributed by atoms with Gasteiger partial charge in [-0.2, -0.15) is 0 Å². The maximum atomic E-state index is 10.5. The Morgan fingerprint density at radius 1 is 1.33 bits per heavy atom. The minimum atomic E-state index is -0.443. The zero-order valence-corrected chi connectivity index (χ0v) is 10.6. The lowest BCUT2D eigenvalue weighted by atomic mass is 10.3. The Hall–Kier alpha value is -1.15. The van der Waals surface area contributed by atoms with Gasteiger partial charge in [0, 0.05) is 35.0 Å². The van der Waals surface area contributed by atoms with Crippen molar-refractivity contribution in [3.8, 4) is 0 Å². The molecule has 2 N–H and O–H groups in total. The number of nitro benzene ring substituents is 1. The molecule has 18 heavy (non-hydrogen) atoms. The highest BCUT2D eigenvalue weighted by Gasteiger charge is 2.17. The van der Waals surface area contributed by atoms with Gasteiger partial charge in [-0.05, 0) is 25.0 Å². The summed E-state index contributed by atoms with van der Waals surface area (Å²) in [5, 5.41) is 20.2. The van der Waals surface area contributed by atoms with E-state index >= 15 is 0 Å². The predicted molar refractivity (Wildman–Crippen MR) is 68.0 cm³/mol. The van der Waals surface area contributed by atoms with Crippen LogP contribution in [-0.2, 0) is 0 Å². The second-order valence-corrected chi connectivity index (χ2v) is 5.23. The molecule has 0 unspecified atom stereocenters. The van der Waals surface area contributed by atoms with Crippen molar-refractivity contribution >= 4 is 17.6 Å². The Morgan fingerprint density at radius 3 is 2.50 bits per heavy atom. The molecule has 0 aromatic heterocycles. The first kappa shape index (κ1) is 13.3. The molecule has 1 aliphatic carbocycles. The molecule has 1 saturated carbocycles. The molecule has 1 aromatic rings. The molecule has 6 nitrogen and oxygen atoms in total.